The highest BCUT2D eigenvalue weighted by Gasteiger charge is 2.71. The Labute approximate surface area is 236 Å². The van der Waals surface area contributed by atoms with Crippen molar-refractivity contribution < 1.29 is 20.1 Å². The van der Waals surface area contributed by atoms with Gasteiger partial charge in [0.05, 0.1) is 18.8 Å². The molecule has 0 saturated heterocycles. The molecule has 2 amide bonds. The molecule has 6 heteroatoms. The summed E-state index contributed by atoms with van der Waals surface area (Å²) >= 11 is 0. The van der Waals surface area contributed by atoms with Crippen LogP contribution in [-0.2, 0) is 0 Å². The van der Waals surface area contributed by atoms with Crippen molar-refractivity contribution in [3.8, 4) is 0 Å². The summed E-state index contributed by atoms with van der Waals surface area (Å²) in [7, 11) is 0. The summed E-state index contributed by atoms with van der Waals surface area (Å²) in [6, 6.07) is -0.227. The third kappa shape index (κ3) is 4.16. The van der Waals surface area contributed by atoms with Crippen LogP contribution >= 0.6 is 0 Å². The van der Waals surface area contributed by atoms with Gasteiger partial charge in [0.2, 0.25) is 0 Å². The Kier molecular flexibility index (Phi) is 7.33. The quantitative estimate of drug-likeness (QED) is 0.299. The van der Waals surface area contributed by atoms with Crippen molar-refractivity contribution in [1.82, 2.24) is 10.6 Å². The Balaban J connectivity index is 1.46. The van der Waals surface area contributed by atoms with Crippen LogP contribution in [0.25, 0.3) is 0 Å². The van der Waals surface area contributed by atoms with Crippen molar-refractivity contribution in [3.05, 3.63) is 12.2 Å². The minimum absolute atomic E-state index is 0.0365. The molecule has 0 spiro atoms. The van der Waals surface area contributed by atoms with E-state index in [4.69, 9.17) is 0 Å². The third-order valence-electron chi connectivity index (χ3n) is 14.1. The molecule has 5 saturated carbocycles. The van der Waals surface area contributed by atoms with Gasteiger partial charge in [-0.25, -0.2) is 4.79 Å². The van der Waals surface area contributed by atoms with E-state index in [1.165, 1.54) is 31.3 Å². The highest BCUT2D eigenvalue weighted by molar-refractivity contribution is 5.75. The molecule has 0 aromatic heterocycles. The Hall–Kier alpha value is -1.11. The number of carbonyl (C=O) groups excluding carboxylic acids is 1. The maximum Gasteiger partial charge on any atom is 0.315 e. The van der Waals surface area contributed by atoms with Crippen LogP contribution in [0.3, 0.4) is 0 Å². The molecule has 0 aromatic rings. The molecule has 0 bridgehead atoms. The van der Waals surface area contributed by atoms with E-state index in [2.05, 4.69) is 58.8 Å². The lowest BCUT2D eigenvalue weighted by Gasteiger charge is -2.73. The summed E-state index contributed by atoms with van der Waals surface area (Å²) in [5, 5.41) is 36.2. The Bertz CT molecular complexity index is 983. The molecule has 222 valence electrons. The molecule has 39 heavy (non-hydrogen) atoms. The zero-order valence-electron chi connectivity index (χ0n) is 25.5. The number of hydrogen-bond acceptors (Lipinski definition) is 4. The second kappa shape index (κ2) is 9.73. The molecule has 6 nitrogen and oxygen atoms in total. The van der Waals surface area contributed by atoms with E-state index in [9.17, 15) is 20.1 Å². The number of amides is 2. The van der Waals surface area contributed by atoms with Crippen LogP contribution in [0, 0.1) is 51.2 Å². The van der Waals surface area contributed by atoms with Crippen molar-refractivity contribution in [2.24, 2.45) is 51.2 Å². The lowest BCUT2D eigenvalue weighted by molar-refractivity contribution is -0.243. The first kappa shape index (κ1) is 29.4. The zero-order chi connectivity index (χ0) is 28.6. The largest absolute Gasteiger partial charge is 0.394 e. The average molecular weight is 545 g/mol. The molecular weight excluding hydrogens is 488 g/mol. The normalized spacial score (nSPS) is 49.1. The first-order chi connectivity index (χ1) is 18.2. The minimum Gasteiger partial charge on any atom is -0.394 e. The van der Waals surface area contributed by atoms with Crippen molar-refractivity contribution >= 4 is 6.03 Å². The predicted molar refractivity (Wildman–Crippen MR) is 155 cm³/mol. The fourth-order valence-electron chi connectivity index (χ4n) is 11.9. The van der Waals surface area contributed by atoms with Gasteiger partial charge >= 0.3 is 6.03 Å². The number of carbonyl (C=O) groups is 1. The van der Waals surface area contributed by atoms with E-state index in [0.717, 1.165) is 38.5 Å². The van der Waals surface area contributed by atoms with Gasteiger partial charge in [0.15, 0.2) is 0 Å². The minimum atomic E-state index is -0.942. The Morgan fingerprint density at radius 2 is 1.64 bits per heavy atom. The summed E-state index contributed by atoms with van der Waals surface area (Å²) in [5.74, 6) is 2.53. The third-order valence-corrected chi connectivity index (χ3v) is 14.1. The number of fused-ring (bicyclic) bond motifs is 7. The topological polar surface area (TPSA) is 102 Å². The lowest BCUT2D eigenvalue weighted by atomic mass is 9.32. The standard InChI is InChI=1S/C33H56N2O4/c1-20(2)22-10-15-33(35-28(39)34-18-21(37)19-36)17-16-31(6)23(27(22)33)8-9-25-30(5)13-12-26(38)29(3,4)24(30)11-14-32(25,31)7/h21-27,36-38H,1,8-19H2,2-7H3,(H2,34,35,39)/t21?,22-,23+,24-,25+,26-,27+,30-,31+,32+,33-/m0/s1. The monoisotopic (exact) mass is 544 g/mol. The fourth-order valence-corrected chi connectivity index (χ4v) is 11.9. The number of urea groups is 1. The van der Waals surface area contributed by atoms with Gasteiger partial charge in [-0.05, 0) is 122 Å². The summed E-state index contributed by atoms with van der Waals surface area (Å²) < 4.78 is 0. The van der Waals surface area contributed by atoms with E-state index in [-0.39, 0.29) is 52.5 Å². The highest BCUT2D eigenvalue weighted by Crippen LogP contribution is 2.76. The van der Waals surface area contributed by atoms with Crippen molar-refractivity contribution in [2.75, 3.05) is 13.2 Å². The van der Waals surface area contributed by atoms with E-state index in [0.29, 0.717) is 29.6 Å². The molecule has 5 fully saturated rings. The van der Waals surface area contributed by atoms with Crippen LogP contribution in [0.15, 0.2) is 12.2 Å². The lowest BCUT2D eigenvalue weighted by Crippen LogP contribution is -2.69. The average Bonchev–Trinajstić information content (AvgIpc) is 3.25. The van der Waals surface area contributed by atoms with E-state index < -0.39 is 6.10 Å². The highest BCUT2D eigenvalue weighted by atomic mass is 16.3. The predicted octanol–water partition coefficient (Wildman–Crippen LogP) is 5.41. The molecule has 0 aromatic carbocycles. The molecule has 5 aliphatic carbocycles. The van der Waals surface area contributed by atoms with Gasteiger partial charge in [-0.2, -0.15) is 0 Å². The van der Waals surface area contributed by atoms with Gasteiger partial charge in [-0.15, -0.1) is 0 Å². The van der Waals surface area contributed by atoms with Gasteiger partial charge in [-0.1, -0.05) is 46.8 Å². The molecule has 0 radical (unpaired) electrons. The van der Waals surface area contributed by atoms with Gasteiger partial charge in [-0.3, -0.25) is 0 Å². The number of aliphatic hydroxyl groups excluding tert-OH is 3. The molecule has 0 aliphatic heterocycles. The second-order valence-corrected chi connectivity index (χ2v) is 15.9. The molecule has 1 unspecified atom stereocenters. The maximum atomic E-state index is 13.1. The molecule has 5 aliphatic rings. The van der Waals surface area contributed by atoms with Gasteiger partial charge < -0.3 is 26.0 Å². The molecule has 0 heterocycles. The van der Waals surface area contributed by atoms with Crippen molar-refractivity contribution in [1.29, 1.82) is 0 Å². The Morgan fingerprint density at radius 3 is 2.31 bits per heavy atom. The summed E-state index contributed by atoms with van der Waals surface area (Å²) in [4.78, 5) is 13.1. The van der Waals surface area contributed by atoms with Crippen LogP contribution in [0.5, 0.6) is 0 Å². The van der Waals surface area contributed by atoms with Crippen LogP contribution in [0.2, 0.25) is 0 Å². The summed E-state index contributed by atoms with van der Waals surface area (Å²) in [6.07, 6.45) is 9.91. The number of nitrogens with one attached hydrogen (secondary N) is 2. The van der Waals surface area contributed by atoms with E-state index in [1.807, 2.05) is 0 Å². The van der Waals surface area contributed by atoms with Gasteiger partial charge in [0.25, 0.3) is 0 Å². The molecule has 11 atom stereocenters. The first-order valence-electron chi connectivity index (χ1n) is 15.8. The van der Waals surface area contributed by atoms with Crippen LogP contribution in [0.4, 0.5) is 4.79 Å². The first-order valence-corrected chi connectivity index (χ1v) is 15.8. The van der Waals surface area contributed by atoms with E-state index in [1.54, 1.807) is 0 Å². The smallest absolute Gasteiger partial charge is 0.315 e. The van der Waals surface area contributed by atoms with Crippen LogP contribution in [0.1, 0.15) is 106 Å². The van der Waals surface area contributed by atoms with E-state index >= 15 is 0 Å². The van der Waals surface area contributed by atoms with Crippen LogP contribution < -0.4 is 10.6 Å². The van der Waals surface area contributed by atoms with Crippen LogP contribution in [-0.4, -0.2) is 52.2 Å². The molecule has 5 rings (SSSR count). The maximum absolute atomic E-state index is 13.1. The van der Waals surface area contributed by atoms with Crippen molar-refractivity contribution in [2.45, 2.75) is 123 Å². The number of hydrogen-bond donors (Lipinski definition) is 5. The summed E-state index contributed by atoms with van der Waals surface area (Å²) in [6.45, 7) is 18.7. The second-order valence-electron chi connectivity index (χ2n) is 15.9. The van der Waals surface area contributed by atoms with Gasteiger partial charge in [0, 0.05) is 12.1 Å². The SMILES string of the molecule is C=C(C)[C@@H]1CC[C@]2(NC(=O)NCC(O)CO)CC[C@]3(C)[C@H](CC[C@@H]4[C@@]5(C)CC[C@H](O)C(C)(C)[C@@H]5CC[C@]43C)[C@@H]12. The number of allylic oxidation sites excluding steroid dienone is 1. The molecular formula is C33H56N2O4. The van der Waals surface area contributed by atoms with Crippen molar-refractivity contribution in [3.63, 3.8) is 0 Å². The number of rotatable bonds is 5. The Morgan fingerprint density at radius 1 is 0.923 bits per heavy atom. The summed E-state index contributed by atoms with van der Waals surface area (Å²) in [5.41, 5.74) is 1.65. The molecule has 5 N–H and O–H groups in total. The zero-order valence-corrected chi connectivity index (χ0v) is 25.5. The number of aliphatic hydroxyl groups is 3. The fraction of sp³-hybridized carbons (Fsp3) is 0.909. The van der Waals surface area contributed by atoms with Gasteiger partial charge in [0.1, 0.15) is 0 Å².